The molecule has 2 N–H and O–H groups in total. The molecule has 2 rings (SSSR count). The van der Waals surface area contributed by atoms with Crippen LogP contribution in [0.4, 0.5) is 5.69 Å². The third kappa shape index (κ3) is 1.97. The predicted molar refractivity (Wildman–Crippen MR) is 58.9 cm³/mol. The van der Waals surface area contributed by atoms with Crippen LogP contribution in [-0.4, -0.2) is 10.8 Å². The van der Waals surface area contributed by atoms with Crippen LogP contribution in [0.3, 0.4) is 0 Å². The van der Waals surface area contributed by atoms with E-state index in [1.165, 1.54) is 11.3 Å². The van der Waals surface area contributed by atoms with Crippen LogP contribution in [0.2, 0.25) is 0 Å². The van der Waals surface area contributed by atoms with E-state index in [4.69, 9.17) is 5.73 Å². The molecule has 2 aromatic rings. The first-order valence-corrected chi connectivity index (χ1v) is 5.03. The lowest BCUT2D eigenvalue weighted by atomic mass is 10.3. The molecule has 4 heteroatoms. The SMILES string of the molecule is NC(=Nc1ccccc1)c1nccs1. The molecule has 0 bridgehead atoms. The second-order valence-electron chi connectivity index (χ2n) is 2.67. The minimum atomic E-state index is 0.464. The van der Waals surface area contributed by atoms with Gasteiger partial charge in [-0.2, -0.15) is 0 Å². The summed E-state index contributed by atoms with van der Waals surface area (Å²) in [7, 11) is 0. The molecule has 0 radical (unpaired) electrons. The maximum atomic E-state index is 5.77. The molecule has 70 valence electrons. The first-order chi connectivity index (χ1) is 6.86. The highest BCUT2D eigenvalue weighted by Crippen LogP contribution is 2.12. The second kappa shape index (κ2) is 4.02. The molecule has 0 aliphatic carbocycles. The number of thiazole rings is 1. The molecule has 0 spiro atoms. The molecular formula is C10H9N3S. The third-order valence-electron chi connectivity index (χ3n) is 1.66. The van der Waals surface area contributed by atoms with E-state index in [1.54, 1.807) is 6.20 Å². The smallest absolute Gasteiger partial charge is 0.160 e. The lowest BCUT2D eigenvalue weighted by molar-refractivity contribution is 1.35. The number of nitrogens with two attached hydrogens (primary N) is 1. The predicted octanol–water partition coefficient (Wildman–Crippen LogP) is 2.18. The number of amidine groups is 1. The third-order valence-corrected chi connectivity index (χ3v) is 2.45. The Balaban J connectivity index is 2.28. The minimum absolute atomic E-state index is 0.464. The van der Waals surface area contributed by atoms with Crippen molar-refractivity contribution in [3.63, 3.8) is 0 Å². The van der Waals surface area contributed by atoms with Crippen molar-refractivity contribution < 1.29 is 0 Å². The number of hydrogen-bond acceptors (Lipinski definition) is 3. The molecule has 0 fully saturated rings. The van der Waals surface area contributed by atoms with Crippen LogP contribution in [0.5, 0.6) is 0 Å². The quantitative estimate of drug-likeness (QED) is 0.600. The van der Waals surface area contributed by atoms with Crippen molar-refractivity contribution in [1.29, 1.82) is 0 Å². The molecule has 1 aromatic heterocycles. The molecular weight excluding hydrogens is 194 g/mol. The minimum Gasteiger partial charge on any atom is -0.381 e. The van der Waals surface area contributed by atoms with Gasteiger partial charge in [0, 0.05) is 11.6 Å². The molecule has 1 heterocycles. The topological polar surface area (TPSA) is 51.3 Å². The van der Waals surface area contributed by atoms with Crippen LogP contribution in [0.25, 0.3) is 0 Å². The highest BCUT2D eigenvalue weighted by molar-refractivity contribution is 7.11. The average Bonchev–Trinajstić information content (AvgIpc) is 2.72. The fourth-order valence-electron chi connectivity index (χ4n) is 1.04. The van der Waals surface area contributed by atoms with E-state index >= 15 is 0 Å². The van der Waals surface area contributed by atoms with E-state index in [0.29, 0.717) is 5.84 Å². The van der Waals surface area contributed by atoms with Crippen molar-refractivity contribution in [2.45, 2.75) is 0 Å². The van der Waals surface area contributed by atoms with Crippen LogP contribution in [0.15, 0.2) is 46.9 Å². The summed E-state index contributed by atoms with van der Waals surface area (Å²) in [5.74, 6) is 0.464. The highest BCUT2D eigenvalue weighted by Gasteiger charge is 1.99. The molecule has 0 unspecified atom stereocenters. The number of hydrogen-bond donors (Lipinski definition) is 1. The summed E-state index contributed by atoms with van der Waals surface area (Å²) >= 11 is 1.48. The van der Waals surface area contributed by atoms with E-state index in [-0.39, 0.29) is 0 Å². The summed E-state index contributed by atoms with van der Waals surface area (Å²) in [5, 5.41) is 2.64. The Morgan fingerprint density at radius 2 is 2.07 bits per heavy atom. The Kier molecular flexibility index (Phi) is 2.55. The molecule has 0 aliphatic rings. The van der Waals surface area contributed by atoms with Gasteiger partial charge >= 0.3 is 0 Å². The van der Waals surface area contributed by atoms with E-state index in [1.807, 2.05) is 35.7 Å². The van der Waals surface area contributed by atoms with Gasteiger partial charge in [0.25, 0.3) is 0 Å². The van der Waals surface area contributed by atoms with Crippen molar-refractivity contribution in [2.75, 3.05) is 0 Å². The Morgan fingerprint density at radius 1 is 1.29 bits per heavy atom. The van der Waals surface area contributed by atoms with Gasteiger partial charge in [0.05, 0.1) is 5.69 Å². The van der Waals surface area contributed by atoms with Gasteiger partial charge in [-0.15, -0.1) is 11.3 Å². The van der Waals surface area contributed by atoms with Crippen molar-refractivity contribution in [3.05, 3.63) is 46.9 Å². The Morgan fingerprint density at radius 3 is 2.71 bits per heavy atom. The summed E-state index contributed by atoms with van der Waals surface area (Å²) < 4.78 is 0. The molecule has 3 nitrogen and oxygen atoms in total. The van der Waals surface area contributed by atoms with Crippen LogP contribution in [0, 0.1) is 0 Å². The Labute approximate surface area is 85.9 Å². The van der Waals surface area contributed by atoms with Crippen molar-refractivity contribution in [1.82, 2.24) is 4.98 Å². The molecule has 0 amide bonds. The first kappa shape index (κ1) is 8.90. The zero-order chi connectivity index (χ0) is 9.80. The maximum Gasteiger partial charge on any atom is 0.160 e. The summed E-state index contributed by atoms with van der Waals surface area (Å²) in [6.07, 6.45) is 1.72. The molecule has 1 aromatic carbocycles. The summed E-state index contributed by atoms with van der Waals surface area (Å²) in [5.41, 5.74) is 6.62. The van der Waals surface area contributed by atoms with Gasteiger partial charge in [-0.25, -0.2) is 9.98 Å². The van der Waals surface area contributed by atoms with Crippen LogP contribution in [0.1, 0.15) is 5.01 Å². The first-order valence-electron chi connectivity index (χ1n) is 4.15. The van der Waals surface area contributed by atoms with Gasteiger partial charge in [-0.3, -0.25) is 0 Å². The monoisotopic (exact) mass is 203 g/mol. The van der Waals surface area contributed by atoms with Crippen LogP contribution in [-0.2, 0) is 0 Å². The average molecular weight is 203 g/mol. The van der Waals surface area contributed by atoms with Gasteiger partial charge in [0.15, 0.2) is 10.8 Å². The standard InChI is InChI=1S/C10H9N3S/c11-9(10-12-6-7-14-10)13-8-4-2-1-3-5-8/h1-7H,(H2,11,13). The number of nitrogens with zero attached hydrogens (tertiary/aromatic N) is 2. The Hall–Kier alpha value is -1.68. The van der Waals surface area contributed by atoms with E-state index < -0.39 is 0 Å². The van der Waals surface area contributed by atoms with Gasteiger partial charge < -0.3 is 5.73 Å². The lowest BCUT2D eigenvalue weighted by Crippen LogP contribution is -2.11. The number of rotatable bonds is 2. The summed E-state index contributed by atoms with van der Waals surface area (Å²) in [6.45, 7) is 0. The fourth-order valence-corrected chi connectivity index (χ4v) is 1.58. The largest absolute Gasteiger partial charge is 0.381 e. The van der Waals surface area contributed by atoms with Gasteiger partial charge in [0.1, 0.15) is 0 Å². The van der Waals surface area contributed by atoms with Gasteiger partial charge in [-0.1, -0.05) is 18.2 Å². The number of para-hydroxylation sites is 1. The van der Waals surface area contributed by atoms with Crippen molar-refractivity contribution in [3.8, 4) is 0 Å². The number of benzene rings is 1. The number of aromatic nitrogens is 1. The van der Waals surface area contributed by atoms with E-state index in [9.17, 15) is 0 Å². The molecule has 0 saturated carbocycles. The van der Waals surface area contributed by atoms with Gasteiger partial charge in [-0.05, 0) is 12.1 Å². The van der Waals surface area contributed by atoms with Crippen LogP contribution >= 0.6 is 11.3 Å². The zero-order valence-electron chi connectivity index (χ0n) is 7.42. The lowest BCUT2D eigenvalue weighted by Gasteiger charge is -1.95. The Bertz CT molecular complexity index is 420. The molecule has 14 heavy (non-hydrogen) atoms. The molecule has 0 saturated heterocycles. The molecule has 0 aliphatic heterocycles. The number of aliphatic imine (C=N–C) groups is 1. The van der Waals surface area contributed by atoms with Crippen molar-refractivity contribution in [2.24, 2.45) is 10.7 Å². The van der Waals surface area contributed by atoms with Gasteiger partial charge in [0.2, 0.25) is 0 Å². The molecule has 0 atom stereocenters. The summed E-state index contributed by atoms with van der Waals surface area (Å²) in [6, 6.07) is 9.60. The van der Waals surface area contributed by atoms with E-state index in [2.05, 4.69) is 9.98 Å². The maximum absolute atomic E-state index is 5.77. The fraction of sp³-hybridized carbons (Fsp3) is 0. The van der Waals surface area contributed by atoms with Crippen molar-refractivity contribution >= 4 is 22.9 Å². The zero-order valence-corrected chi connectivity index (χ0v) is 8.24. The summed E-state index contributed by atoms with van der Waals surface area (Å²) in [4.78, 5) is 8.32. The second-order valence-corrected chi connectivity index (χ2v) is 3.56. The highest BCUT2D eigenvalue weighted by atomic mass is 32.1. The normalized spacial score (nSPS) is 11.6. The van der Waals surface area contributed by atoms with Crippen LogP contribution < -0.4 is 5.73 Å². The van der Waals surface area contributed by atoms with E-state index in [0.717, 1.165) is 10.7 Å².